The van der Waals surface area contributed by atoms with E-state index in [-0.39, 0.29) is 17.8 Å². The van der Waals surface area contributed by atoms with E-state index < -0.39 is 0 Å². The number of anilines is 1. The van der Waals surface area contributed by atoms with Gasteiger partial charge in [0.1, 0.15) is 5.82 Å². The van der Waals surface area contributed by atoms with Crippen molar-refractivity contribution in [2.45, 2.75) is 39.2 Å². The van der Waals surface area contributed by atoms with Crippen molar-refractivity contribution in [2.75, 3.05) is 11.9 Å². The van der Waals surface area contributed by atoms with Crippen LogP contribution in [-0.2, 0) is 9.53 Å². The molecule has 1 aliphatic heterocycles. The molecular weight excluding hydrogens is 321 g/mol. The summed E-state index contributed by atoms with van der Waals surface area (Å²) in [6.07, 6.45) is 3.96. The number of nitrogens with one attached hydrogen (secondary N) is 2. The van der Waals surface area contributed by atoms with Gasteiger partial charge < -0.3 is 10.1 Å². The molecule has 6 heteroatoms. The van der Waals surface area contributed by atoms with Crippen molar-refractivity contribution in [3.8, 4) is 11.3 Å². The van der Waals surface area contributed by atoms with Gasteiger partial charge in [-0.3, -0.25) is 9.89 Å². The first kappa shape index (κ1) is 17.6. The molecule has 134 valence electrons. The third-order valence-electron chi connectivity index (χ3n) is 4.70. The van der Waals surface area contributed by atoms with Crippen molar-refractivity contribution in [1.29, 1.82) is 0 Å². The Balaban J connectivity index is 1.65. The lowest BCUT2D eigenvalue weighted by atomic mass is 9.88. The van der Waals surface area contributed by atoms with Gasteiger partial charge in [-0.2, -0.15) is 5.10 Å². The van der Waals surface area contributed by atoms with E-state index in [1.54, 1.807) is 18.2 Å². The highest BCUT2D eigenvalue weighted by Gasteiger charge is 2.26. The molecule has 3 rings (SSSR count). The maximum atomic E-state index is 14.0. The van der Waals surface area contributed by atoms with E-state index in [1.165, 1.54) is 12.3 Å². The zero-order valence-electron chi connectivity index (χ0n) is 14.6. The van der Waals surface area contributed by atoms with Gasteiger partial charge in [0.05, 0.1) is 23.7 Å². The number of H-pyrrole nitrogens is 1. The zero-order valence-corrected chi connectivity index (χ0v) is 14.6. The largest absolute Gasteiger partial charge is 0.378 e. The van der Waals surface area contributed by atoms with Gasteiger partial charge in [-0.25, -0.2) is 4.39 Å². The van der Waals surface area contributed by atoms with E-state index in [1.807, 2.05) is 0 Å². The molecule has 0 radical (unpaired) electrons. The molecule has 0 aliphatic carbocycles. The molecule has 2 aromatic rings. The highest BCUT2D eigenvalue weighted by atomic mass is 19.1. The summed E-state index contributed by atoms with van der Waals surface area (Å²) in [5.74, 6) is 0.331. The lowest BCUT2D eigenvalue weighted by Gasteiger charge is -2.31. The number of halogens is 1. The number of carbonyl (C=O) groups excluding carboxylic acids is 1. The molecule has 1 saturated heterocycles. The van der Waals surface area contributed by atoms with Crippen LogP contribution in [0.1, 0.15) is 33.1 Å². The van der Waals surface area contributed by atoms with E-state index in [0.29, 0.717) is 41.8 Å². The van der Waals surface area contributed by atoms with E-state index >= 15 is 0 Å². The monoisotopic (exact) mass is 345 g/mol. The molecular formula is C19H24FN3O2. The van der Waals surface area contributed by atoms with Gasteiger partial charge >= 0.3 is 0 Å². The van der Waals surface area contributed by atoms with Crippen LogP contribution in [0, 0.1) is 17.7 Å². The Morgan fingerprint density at radius 2 is 2.24 bits per heavy atom. The molecule has 25 heavy (non-hydrogen) atoms. The Hall–Kier alpha value is -2.21. The van der Waals surface area contributed by atoms with Gasteiger partial charge in [-0.15, -0.1) is 0 Å². The molecule has 2 heterocycles. The molecule has 5 nitrogen and oxygen atoms in total. The van der Waals surface area contributed by atoms with E-state index in [2.05, 4.69) is 29.4 Å². The molecule has 0 bridgehead atoms. The number of ether oxygens (including phenoxy) is 1. The predicted octanol–water partition coefficient (Wildman–Crippen LogP) is 4.00. The molecule has 0 spiro atoms. The molecule has 2 atom stereocenters. The second kappa shape index (κ2) is 7.78. The summed E-state index contributed by atoms with van der Waals surface area (Å²) in [4.78, 5) is 12.4. The number of aromatic nitrogens is 2. The maximum absolute atomic E-state index is 14.0. The minimum absolute atomic E-state index is 0.0756. The zero-order chi connectivity index (χ0) is 17.8. The summed E-state index contributed by atoms with van der Waals surface area (Å²) < 4.78 is 19.7. The standard InChI is InChI=1S/C19H24FN3O2/c1-12(2)17-9-13(7-8-25-17)10-18(24)22-16-11-21-23-19(16)14-5-3-4-6-15(14)20/h3-6,11-13,17H,7-10H2,1-2H3,(H,21,23)(H,22,24)/t13-,17-/m0/s1. The number of nitrogens with zero attached hydrogens (tertiary/aromatic N) is 1. The second-order valence-electron chi connectivity index (χ2n) is 6.93. The first-order valence-electron chi connectivity index (χ1n) is 8.74. The fraction of sp³-hybridized carbons (Fsp3) is 0.474. The van der Waals surface area contributed by atoms with Crippen molar-refractivity contribution >= 4 is 11.6 Å². The van der Waals surface area contributed by atoms with Gasteiger partial charge in [0.2, 0.25) is 5.91 Å². The highest BCUT2D eigenvalue weighted by Crippen LogP contribution is 2.30. The van der Waals surface area contributed by atoms with Gasteiger partial charge in [0.15, 0.2) is 0 Å². The highest BCUT2D eigenvalue weighted by molar-refractivity contribution is 5.94. The topological polar surface area (TPSA) is 67.0 Å². The van der Waals surface area contributed by atoms with Crippen LogP contribution in [-0.4, -0.2) is 28.8 Å². The van der Waals surface area contributed by atoms with E-state index in [4.69, 9.17) is 4.74 Å². The lowest BCUT2D eigenvalue weighted by molar-refractivity contribution is -0.118. The molecule has 0 unspecified atom stereocenters. The molecule has 0 saturated carbocycles. The number of amides is 1. The van der Waals surface area contributed by atoms with Crippen LogP contribution < -0.4 is 5.32 Å². The lowest BCUT2D eigenvalue weighted by Crippen LogP contribution is -2.31. The quantitative estimate of drug-likeness (QED) is 0.861. The summed E-state index contributed by atoms with van der Waals surface area (Å²) in [5.41, 5.74) is 1.38. The van der Waals surface area contributed by atoms with Crippen LogP contribution in [0.3, 0.4) is 0 Å². The van der Waals surface area contributed by atoms with Crippen molar-refractivity contribution in [1.82, 2.24) is 10.2 Å². The second-order valence-corrected chi connectivity index (χ2v) is 6.93. The minimum atomic E-state index is -0.355. The van der Waals surface area contributed by atoms with Crippen LogP contribution in [0.15, 0.2) is 30.5 Å². The van der Waals surface area contributed by atoms with Crippen LogP contribution in [0.25, 0.3) is 11.3 Å². The van der Waals surface area contributed by atoms with Crippen LogP contribution in [0.2, 0.25) is 0 Å². The van der Waals surface area contributed by atoms with Gasteiger partial charge in [0, 0.05) is 18.6 Å². The smallest absolute Gasteiger partial charge is 0.224 e. The van der Waals surface area contributed by atoms with Crippen molar-refractivity contribution < 1.29 is 13.9 Å². The SMILES string of the molecule is CC(C)[C@@H]1C[C@@H](CC(=O)Nc2cn[nH]c2-c2ccccc2F)CCO1. The molecule has 1 amide bonds. The Morgan fingerprint density at radius 3 is 3.00 bits per heavy atom. The number of aromatic amines is 1. The summed E-state index contributed by atoms with van der Waals surface area (Å²) in [6, 6.07) is 6.42. The van der Waals surface area contributed by atoms with E-state index in [9.17, 15) is 9.18 Å². The number of hydrogen-bond acceptors (Lipinski definition) is 3. The Bertz CT molecular complexity index is 729. The number of benzene rings is 1. The van der Waals surface area contributed by atoms with Gasteiger partial charge in [-0.05, 0) is 36.8 Å². The number of carbonyl (C=O) groups is 1. The average Bonchev–Trinajstić information content (AvgIpc) is 3.03. The summed E-state index contributed by atoms with van der Waals surface area (Å²) in [6.45, 7) is 4.98. The Morgan fingerprint density at radius 1 is 1.44 bits per heavy atom. The Labute approximate surface area is 147 Å². The summed E-state index contributed by atoms with van der Waals surface area (Å²) >= 11 is 0. The van der Waals surface area contributed by atoms with Gasteiger partial charge in [-0.1, -0.05) is 26.0 Å². The normalized spacial score (nSPS) is 20.6. The minimum Gasteiger partial charge on any atom is -0.378 e. The molecule has 1 fully saturated rings. The number of hydrogen-bond donors (Lipinski definition) is 2. The fourth-order valence-electron chi connectivity index (χ4n) is 3.26. The molecule has 2 N–H and O–H groups in total. The predicted molar refractivity (Wildman–Crippen MR) is 94.5 cm³/mol. The molecule has 1 aliphatic rings. The third-order valence-corrected chi connectivity index (χ3v) is 4.70. The fourth-order valence-corrected chi connectivity index (χ4v) is 3.26. The van der Waals surface area contributed by atoms with Crippen molar-refractivity contribution in [3.05, 3.63) is 36.3 Å². The summed E-state index contributed by atoms with van der Waals surface area (Å²) in [7, 11) is 0. The Kier molecular flexibility index (Phi) is 5.48. The first-order valence-corrected chi connectivity index (χ1v) is 8.74. The summed E-state index contributed by atoms with van der Waals surface area (Å²) in [5, 5.41) is 9.58. The third kappa shape index (κ3) is 4.25. The van der Waals surface area contributed by atoms with Crippen LogP contribution >= 0.6 is 0 Å². The first-order chi connectivity index (χ1) is 12.0. The van der Waals surface area contributed by atoms with Crippen molar-refractivity contribution in [3.63, 3.8) is 0 Å². The molecule has 1 aromatic heterocycles. The van der Waals surface area contributed by atoms with Crippen LogP contribution in [0.5, 0.6) is 0 Å². The number of rotatable bonds is 5. The average molecular weight is 345 g/mol. The maximum Gasteiger partial charge on any atom is 0.224 e. The van der Waals surface area contributed by atoms with Crippen LogP contribution in [0.4, 0.5) is 10.1 Å². The van der Waals surface area contributed by atoms with Gasteiger partial charge in [0.25, 0.3) is 0 Å². The van der Waals surface area contributed by atoms with E-state index in [0.717, 1.165) is 12.8 Å². The molecule has 1 aromatic carbocycles. The van der Waals surface area contributed by atoms with Crippen molar-refractivity contribution in [2.24, 2.45) is 11.8 Å².